The van der Waals surface area contributed by atoms with Gasteiger partial charge in [0.15, 0.2) is 10.9 Å². The van der Waals surface area contributed by atoms with Crippen LogP contribution in [0.5, 0.6) is 0 Å². The van der Waals surface area contributed by atoms with Gasteiger partial charge >= 0.3 is 0 Å². The number of hydrogen-bond acceptors (Lipinski definition) is 4. The number of hydrogen-bond donors (Lipinski definition) is 0. The van der Waals surface area contributed by atoms with E-state index in [9.17, 15) is 9.59 Å². The Balaban J connectivity index is 2.10. The van der Waals surface area contributed by atoms with Crippen molar-refractivity contribution in [2.75, 3.05) is 11.4 Å². The summed E-state index contributed by atoms with van der Waals surface area (Å²) in [6.45, 7) is 2.15. The zero-order chi connectivity index (χ0) is 12.0. The summed E-state index contributed by atoms with van der Waals surface area (Å²) in [4.78, 5) is 28.8. The molecule has 1 aromatic heterocycles. The highest BCUT2D eigenvalue weighted by molar-refractivity contribution is 7.22. The lowest BCUT2D eigenvalue weighted by Gasteiger charge is -2.08. The van der Waals surface area contributed by atoms with Gasteiger partial charge in [0.2, 0.25) is 5.91 Å². The molecule has 0 unspecified atom stereocenters. The summed E-state index contributed by atoms with van der Waals surface area (Å²) < 4.78 is 1.05. The number of thiazole rings is 1. The van der Waals surface area contributed by atoms with Gasteiger partial charge in [-0.05, 0) is 18.6 Å². The largest absolute Gasteiger partial charge is 0.297 e. The molecule has 1 amide bonds. The minimum absolute atomic E-state index is 0.00884. The molecule has 0 aliphatic carbocycles. The fraction of sp³-hybridized carbons (Fsp3) is 0.250. The maximum atomic E-state index is 11.6. The minimum Gasteiger partial charge on any atom is -0.297 e. The van der Waals surface area contributed by atoms with Gasteiger partial charge in [-0.25, -0.2) is 4.98 Å². The number of fused-ring (bicyclic) bond motifs is 1. The molecule has 0 bridgehead atoms. The van der Waals surface area contributed by atoms with Gasteiger partial charge in [-0.2, -0.15) is 0 Å². The second-order valence-electron chi connectivity index (χ2n) is 4.11. The lowest BCUT2D eigenvalue weighted by atomic mass is 10.2. The monoisotopic (exact) mass is 246 g/mol. The first-order chi connectivity index (χ1) is 8.15. The Morgan fingerprint density at radius 2 is 2.18 bits per heavy atom. The Labute approximate surface area is 102 Å². The lowest BCUT2D eigenvalue weighted by Crippen LogP contribution is -2.24. The van der Waals surface area contributed by atoms with Crippen LogP contribution in [0, 0.1) is 6.92 Å². The van der Waals surface area contributed by atoms with Crippen molar-refractivity contribution < 1.29 is 9.59 Å². The molecule has 3 rings (SSSR count). The highest BCUT2D eigenvalue weighted by Gasteiger charge is 2.30. The Bertz CT molecular complexity index is 632. The van der Waals surface area contributed by atoms with Gasteiger partial charge in [0.25, 0.3) is 0 Å². The Hall–Kier alpha value is -1.75. The quantitative estimate of drug-likeness (QED) is 0.722. The van der Waals surface area contributed by atoms with Crippen LogP contribution in [0.25, 0.3) is 10.2 Å². The van der Waals surface area contributed by atoms with Crippen molar-refractivity contribution in [3.8, 4) is 0 Å². The number of carbonyl (C=O) groups is 2. The Morgan fingerprint density at radius 1 is 1.35 bits per heavy atom. The van der Waals surface area contributed by atoms with Gasteiger partial charge in [0, 0.05) is 0 Å². The first-order valence-corrected chi connectivity index (χ1v) is 6.15. The third-order valence-electron chi connectivity index (χ3n) is 2.82. The van der Waals surface area contributed by atoms with Gasteiger partial charge in [-0.1, -0.05) is 23.5 Å². The van der Waals surface area contributed by atoms with Crippen molar-refractivity contribution in [3.05, 3.63) is 23.8 Å². The van der Waals surface area contributed by atoms with Gasteiger partial charge in [-0.3, -0.25) is 14.5 Å². The van der Waals surface area contributed by atoms with Crippen molar-refractivity contribution in [2.45, 2.75) is 13.3 Å². The van der Waals surface area contributed by atoms with Crippen LogP contribution in [-0.4, -0.2) is 23.2 Å². The molecular weight excluding hydrogens is 236 g/mol. The number of rotatable bonds is 1. The number of anilines is 1. The van der Waals surface area contributed by atoms with E-state index in [1.165, 1.54) is 16.2 Å². The summed E-state index contributed by atoms with van der Waals surface area (Å²) in [5.74, 6) is -0.183. The first-order valence-electron chi connectivity index (χ1n) is 5.33. The molecule has 17 heavy (non-hydrogen) atoms. The number of ketones is 1. The number of aromatic nitrogens is 1. The maximum absolute atomic E-state index is 11.6. The molecule has 0 radical (unpaired) electrons. The minimum atomic E-state index is -0.147. The molecule has 0 atom stereocenters. The van der Waals surface area contributed by atoms with Crippen LogP contribution in [0.15, 0.2) is 18.2 Å². The predicted molar refractivity (Wildman–Crippen MR) is 66.3 cm³/mol. The van der Waals surface area contributed by atoms with Crippen LogP contribution < -0.4 is 4.90 Å². The molecule has 1 saturated heterocycles. The topological polar surface area (TPSA) is 50.3 Å². The van der Waals surface area contributed by atoms with E-state index < -0.39 is 0 Å². The smallest absolute Gasteiger partial charge is 0.236 e. The summed E-state index contributed by atoms with van der Waals surface area (Å²) in [6, 6.07) is 5.94. The summed E-state index contributed by atoms with van der Waals surface area (Å²) in [7, 11) is 0. The first kappa shape index (κ1) is 10.4. The van der Waals surface area contributed by atoms with Crippen molar-refractivity contribution in [1.29, 1.82) is 0 Å². The number of aryl methyl sites for hydroxylation is 1. The van der Waals surface area contributed by atoms with E-state index >= 15 is 0 Å². The average Bonchev–Trinajstić information content (AvgIpc) is 2.82. The molecule has 1 aromatic carbocycles. The fourth-order valence-electron chi connectivity index (χ4n) is 1.95. The molecule has 1 aliphatic heterocycles. The van der Waals surface area contributed by atoms with E-state index in [0.717, 1.165) is 15.8 Å². The second-order valence-corrected chi connectivity index (χ2v) is 5.12. The number of Topliss-reactive ketones (excluding diaryl/α,β-unsaturated/α-hetero) is 1. The lowest BCUT2D eigenvalue weighted by molar-refractivity contribution is -0.121. The van der Waals surface area contributed by atoms with E-state index in [1.54, 1.807) is 0 Å². The second kappa shape index (κ2) is 3.63. The SMILES string of the molecule is Cc1cccc2sc(N3CC(=O)CC3=O)nc12. The van der Waals surface area contributed by atoms with Crippen LogP contribution in [-0.2, 0) is 9.59 Å². The zero-order valence-electron chi connectivity index (χ0n) is 9.27. The summed E-state index contributed by atoms with van der Waals surface area (Å²) in [5.41, 5.74) is 2.00. The van der Waals surface area contributed by atoms with E-state index in [1.807, 2.05) is 25.1 Å². The van der Waals surface area contributed by atoms with Gasteiger partial charge < -0.3 is 0 Å². The van der Waals surface area contributed by atoms with Crippen LogP contribution >= 0.6 is 11.3 Å². The van der Waals surface area contributed by atoms with E-state index in [0.29, 0.717) is 5.13 Å². The summed E-state index contributed by atoms with van der Waals surface area (Å²) in [5, 5.41) is 0.630. The van der Waals surface area contributed by atoms with Crippen molar-refractivity contribution in [1.82, 2.24) is 4.98 Å². The number of para-hydroxylation sites is 1. The molecule has 4 nitrogen and oxygen atoms in total. The van der Waals surface area contributed by atoms with Crippen LogP contribution in [0.1, 0.15) is 12.0 Å². The van der Waals surface area contributed by atoms with Gasteiger partial charge in [0.05, 0.1) is 23.2 Å². The van der Waals surface area contributed by atoms with E-state index in [2.05, 4.69) is 4.98 Å². The van der Waals surface area contributed by atoms with Crippen molar-refractivity contribution >= 4 is 38.4 Å². The van der Waals surface area contributed by atoms with Crippen molar-refractivity contribution in [2.24, 2.45) is 0 Å². The number of nitrogens with zero attached hydrogens (tertiary/aromatic N) is 2. The molecule has 1 aliphatic rings. The van der Waals surface area contributed by atoms with Crippen LogP contribution in [0.2, 0.25) is 0 Å². The molecule has 5 heteroatoms. The predicted octanol–water partition coefficient (Wildman–Crippen LogP) is 1.91. The van der Waals surface area contributed by atoms with E-state index in [4.69, 9.17) is 0 Å². The number of benzene rings is 1. The molecule has 2 heterocycles. The van der Waals surface area contributed by atoms with Gasteiger partial charge in [-0.15, -0.1) is 0 Å². The molecule has 0 saturated carbocycles. The highest BCUT2D eigenvalue weighted by Crippen LogP contribution is 2.31. The standard InChI is InChI=1S/C12H10N2O2S/c1-7-3-2-4-9-11(7)13-12(17-9)14-6-8(15)5-10(14)16/h2-4H,5-6H2,1H3. The van der Waals surface area contributed by atoms with Crippen LogP contribution in [0.4, 0.5) is 5.13 Å². The van der Waals surface area contributed by atoms with Crippen LogP contribution in [0.3, 0.4) is 0 Å². The zero-order valence-corrected chi connectivity index (χ0v) is 10.1. The van der Waals surface area contributed by atoms with E-state index in [-0.39, 0.29) is 24.7 Å². The molecule has 0 N–H and O–H groups in total. The highest BCUT2D eigenvalue weighted by atomic mass is 32.1. The Kier molecular flexibility index (Phi) is 2.22. The average molecular weight is 246 g/mol. The normalized spacial score (nSPS) is 16.2. The summed E-state index contributed by atoms with van der Waals surface area (Å²) in [6.07, 6.45) is 0.00884. The summed E-state index contributed by atoms with van der Waals surface area (Å²) >= 11 is 1.46. The number of amides is 1. The molecular formula is C12H10N2O2S. The third-order valence-corrected chi connectivity index (χ3v) is 3.87. The maximum Gasteiger partial charge on any atom is 0.236 e. The van der Waals surface area contributed by atoms with Gasteiger partial charge in [0.1, 0.15) is 0 Å². The van der Waals surface area contributed by atoms with Crippen molar-refractivity contribution in [3.63, 3.8) is 0 Å². The Morgan fingerprint density at radius 3 is 2.82 bits per heavy atom. The fourth-order valence-corrected chi connectivity index (χ4v) is 3.01. The molecule has 86 valence electrons. The number of carbonyl (C=O) groups excluding carboxylic acids is 2. The molecule has 2 aromatic rings. The molecule has 1 fully saturated rings. The molecule has 0 spiro atoms. The third kappa shape index (κ3) is 1.63.